The van der Waals surface area contributed by atoms with Gasteiger partial charge in [0.1, 0.15) is 11.4 Å². The Labute approximate surface area is 194 Å². The van der Waals surface area contributed by atoms with Crippen molar-refractivity contribution in [1.29, 1.82) is 0 Å². The van der Waals surface area contributed by atoms with Gasteiger partial charge in [0.2, 0.25) is 10.0 Å². The molecule has 0 aliphatic heterocycles. The molecule has 0 unspecified atom stereocenters. The first-order valence-electron chi connectivity index (χ1n) is 10.8. The second-order valence-corrected chi connectivity index (χ2v) is 10.0. The SMILES string of the molecule is CCN(c1cc2nn(-c3ccc(NCC(C)C)cc3)c(C(=O)NC)c2cc1OC)S(C)(=O)=O. The normalized spacial score (nSPS) is 11.6. The fourth-order valence-corrected chi connectivity index (χ4v) is 4.58. The Morgan fingerprint density at radius 2 is 1.88 bits per heavy atom. The number of fused-ring (bicyclic) bond motifs is 1. The van der Waals surface area contributed by atoms with Crippen LogP contribution in [0.1, 0.15) is 31.3 Å². The van der Waals surface area contributed by atoms with E-state index in [0.717, 1.165) is 18.5 Å². The molecule has 0 saturated heterocycles. The number of carbonyl (C=O) groups is 1. The lowest BCUT2D eigenvalue weighted by Gasteiger charge is -2.22. The van der Waals surface area contributed by atoms with E-state index < -0.39 is 10.0 Å². The van der Waals surface area contributed by atoms with E-state index in [0.29, 0.717) is 39.6 Å². The summed E-state index contributed by atoms with van der Waals surface area (Å²) in [4.78, 5) is 12.8. The first-order valence-corrected chi connectivity index (χ1v) is 12.6. The third-order valence-corrected chi connectivity index (χ3v) is 6.45. The van der Waals surface area contributed by atoms with Gasteiger partial charge in [0.05, 0.1) is 30.3 Å². The molecule has 1 heterocycles. The average Bonchev–Trinajstić information content (AvgIpc) is 3.14. The molecule has 9 nitrogen and oxygen atoms in total. The highest BCUT2D eigenvalue weighted by Gasteiger charge is 2.25. The van der Waals surface area contributed by atoms with Crippen molar-refractivity contribution >= 4 is 38.2 Å². The lowest BCUT2D eigenvalue weighted by Crippen LogP contribution is -2.29. The van der Waals surface area contributed by atoms with E-state index in [4.69, 9.17) is 4.74 Å². The van der Waals surface area contributed by atoms with Crippen LogP contribution < -0.4 is 19.7 Å². The molecule has 0 aliphatic carbocycles. The number of anilines is 2. The Morgan fingerprint density at radius 1 is 1.21 bits per heavy atom. The van der Waals surface area contributed by atoms with Crippen LogP contribution in [0.3, 0.4) is 0 Å². The van der Waals surface area contributed by atoms with Crippen molar-refractivity contribution < 1.29 is 17.9 Å². The molecule has 2 N–H and O–H groups in total. The fraction of sp³-hybridized carbons (Fsp3) is 0.391. The van der Waals surface area contributed by atoms with Gasteiger partial charge in [-0.05, 0) is 49.2 Å². The van der Waals surface area contributed by atoms with Gasteiger partial charge in [0.25, 0.3) is 5.91 Å². The Bertz CT molecular complexity index is 1250. The highest BCUT2D eigenvalue weighted by atomic mass is 32.2. The maximum Gasteiger partial charge on any atom is 0.270 e. The summed E-state index contributed by atoms with van der Waals surface area (Å²) in [6.07, 6.45) is 1.14. The van der Waals surface area contributed by atoms with Gasteiger partial charge in [0.15, 0.2) is 0 Å². The van der Waals surface area contributed by atoms with Crippen molar-refractivity contribution in [2.45, 2.75) is 20.8 Å². The molecule has 0 saturated carbocycles. The van der Waals surface area contributed by atoms with Crippen molar-refractivity contribution in [2.24, 2.45) is 5.92 Å². The maximum absolute atomic E-state index is 12.8. The number of aromatic nitrogens is 2. The lowest BCUT2D eigenvalue weighted by atomic mass is 10.1. The van der Waals surface area contributed by atoms with Crippen molar-refractivity contribution in [1.82, 2.24) is 15.1 Å². The largest absolute Gasteiger partial charge is 0.495 e. The van der Waals surface area contributed by atoms with Gasteiger partial charge < -0.3 is 15.4 Å². The van der Waals surface area contributed by atoms with Gasteiger partial charge in [-0.25, -0.2) is 13.1 Å². The van der Waals surface area contributed by atoms with Gasteiger partial charge in [-0.15, -0.1) is 0 Å². The van der Waals surface area contributed by atoms with Crippen LogP contribution in [0.4, 0.5) is 11.4 Å². The monoisotopic (exact) mass is 473 g/mol. The molecule has 0 fully saturated rings. The molecule has 1 amide bonds. The third kappa shape index (κ3) is 5.05. The molecule has 0 spiro atoms. The zero-order valence-corrected chi connectivity index (χ0v) is 20.7. The van der Waals surface area contributed by atoms with E-state index in [1.54, 1.807) is 30.8 Å². The quantitative estimate of drug-likeness (QED) is 0.494. The standard InChI is InChI=1S/C23H31N5O4S/c1-7-27(33(6,30)31)20-13-19-18(12-21(20)32-5)22(23(29)24-4)28(26-19)17-10-8-16(9-11-17)25-14-15(2)3/h8-13,15,25H,7,14H2,1-6H3,(H,24,29). The van der Waals surface area contributed by atoms with Crippen LogP contribution in [0.15, 0.2) is 36.4 Å². The average molecular weight is 474 g/mol. The van der Waals surface area contributed by atoms with E-state index in [1.165, 1.54) is 11.4 Å². The second kappa shape index (κ2) is 9.70. The van der Waals surface area contributed by atoms with E-state index in [-0.39, 0.29) is 12.5 Å². The summed E-state index contributed by atoms with van der Waals surface area (Å²) in [5.41, 5.74) is 2.87. The summed E-state index contributed by atoms with van der Waals surface area (Å²) in [7, 11) is -0.510. The lowest BCUT2D eigenvalue weighted by molar-refractivity contribution is 0.0957. The topological polar surface area (TPSA) is 106 Å². The van der Waals surface area contributed by atoms with Crippen LogP contribution in [-0.4, -0.2) is 57.6 Å². The van der Waals surface area contributed by atoms with E-state index in [9.17, 15) is 13.2 Å². The minimum Gasteiger partial charge on any atom is -0.495 e. The van der Waals surface area contributed by atoms with Gasteiger partial charge >= 0.3 is 0 Å². The molecule has 10 heteroatoms. The second-order valence-electron chi connectivity index (χ2n) is 8.13. The molecule has 3 aromatic rings. The molecule has 0 aliphatic rings. The van der Waals surface area contributed by atoms with Gasteiger partial charge in [-0.1, -0.05) is 13.8 Å². The first-order chi connectivity index (χ1) is 15.6. The van der Waals surface area contributed by atoms with E-state index in [2.05, 4.69) is 29.6 Å². The number of nitrogens with zero attached hydrogens (tertiary/aromatic N) is 3. The summed E-state index contributed by atoms with van der Waals surface area (Å²) in [5, 5.41) is 11.2. The van der Waals surface area contributed by atoms with Crippen LogP contribution in [0.2, 0.25) is 0 Å². The molecule has 0 radical (unpaired) electrons. The number of benzene rings is 2. The van der Waals surface area contributed by atoms with E-state index >= 15 is 0 Å². The summed E-state index contributed by atoms with van der Waals surface area (Å²) >= 11 is 0. The highest BCUT2D eigenvalue weighted by Crippen LogP contribution is 2.36. The van der Waals surface area contributed by atoms with Crippen molar-refractivity contribution in [2.75, 3.05) is 43.1 Å². The summed E-state index contributed by atoms with van der Waals surface area (Å²) < 4.78 is 32.9. The Balaban J connectivity index is 2.19. The molecular formula is C23H31N5O4S. The van der Waals surface area contributed by atoms with Crippen LogP contribution in [0, 0.1) is 5.92 Å². The minimum atomic E-state index is -3.53. The first kappa shape index (κ1) is 24.4. The number of amides is 1. The molecule has 1 aromatic heterocycles. The zero-order valence-electron chi connectivity index (χ0n) is 19.8. The van der Waals surface area contributed by atoms with Gasteiger partial charge in [-0.2, -0.15) is 5.10 Å². The predicted molar refractivity (Wildman–Crippen MR) is 132 cm³/mol. The van der Waals surface area contributed by atoms with Crippen LogP contribution in [0.25, 0.3) is 16.6 Å². The summed E-state index contributed by atoms with van der Waals surface area (Å²) in [5.74, 6) is 0.539. The van der Waals surface area contributed by atoms with Crippen LogP contribution >= 0.6 is 0 Å². The van der Waals surface area contributed by atoms with Gasteiger partial charge in [0, 0.05) is 31.2 Å². The van der Waals surface area contributed by atoms with Crippen LogP contribution in [0.5, 0.6) is 5.75 Å². The van der Waals surface area contributed by atoms with Gasteiger partial charge in [-0.3, -0.25) is 9.10 Å². The predicted octanol–water partition coefficient (Wildman–Crippen LogP) is 3.25. The Kier molecular flexibility index (Phi) is 7.16. The number of nitrogens with one attached hydrogen (secondary N) is 2. The van der Waals surface area contributed by atoms with Crippen molar-refractivity contribution in [3.8, 4) is 11.4 Å². The maximum atomic E-state index is 12.8. The molecule has 0 bridgehead atoms. The minimum absolute atomic E-state index is 0.231. The molecular weight excluding hydrogens is 442 g/mol. The number of ether oxygens (including phenoxy) is 1. The van der Waals surface area contributed by atoms with Crippen LogP contribution in [-0.2, 0) is 10.0 Å². The molecule has 3 rings (SSSR count). The Morgan fingerprint density at radius 3 is 2.39 bits per heavy atom. The molecule has 33 heavy (non-hydrogen) atoms. The van der Waals surface area contributed by atoms with Crippen molar-refractivity contribution in [3.63, 3.8) is 0 Å². The molecule has 2 aromatic carbocycles. The number of hydrogen-bond acceptors (Lipinski definition) is 6. The Hall–Kier alpha value is -3.27. The fourth-order valence-electron chi connectivity index (χ4n) is 3.61. The molecule has 0 atom stereocenters. The number of hydrogen-bond donors (Lipinski definition) is 2. The summed E-state index contributed by atoms with van der Waals surface area (Å²) in [6.45, 7) is 7.10. The number of methoxy groups -OCH3 is 1. The van der Waals surface area contributed by atoms with E-state index in [1.807, 2.05) is 24.3 Å². The summed E-state index contributed by atoms with van der Waals surface area (Å²) in [6, 6.07) is 10.9. The van der Waals surface area contributed by atoms with Crippen molar-refractivity contribution in [3.05, 3.63) is 42.1 Å². The molecule has 178 valence electrons. The highest BCUT2D eigenvalue weighted by molar-refractivity contribution is 7.92. The smallest absolute Gasteiger partial charge is 0.270 e. The third-order valence-electron chi connectivity index (χ3n) is 5.20. The zero-order chi connectivity index (χ0) is 24.3. The number of rotatable bonds is 9. The number of carbonyl (C=O) groups excluding carboxylic acids is 1. The number of sulfonamides is 1.